The van der Waals surface area contributed by atoms with Gasteiger partial charge in [-0.05, 0) is 31.2 Å². The molecule has 1 N–H and O–H groups in total. The van der Waals surface area contributed by atoms with E-state index in [-0.39, 0.29) is 11.6 Å². The maximum Gasteiger partial charge on any atom is 0.276 e. The lowest BCUT2D eigenvalue weighted by Crippen LogP contribution is -2.15. The molecule has 0 aliphatic rings. The first kappa shape index (κ1) is 17.3. The normalized spacial score (nSPS) is 11.1. The predicted octanol–water partition coefficient (Wildman–Crippen LogP) is 3.60. The van der Waals surface area contributed by atoms with Gasteiger partial charge in [0.25, 0.3) is 5.91 Å². The van der Waals surface area contributed by atoms with E-state index in [1.54, 1.807) is 40.4 Å². The first-order valence-electron chi connectivity index (χ1n) is 8.85. The van der Waals surface area contributed by atoms with Gasteiger partial charge in [-0.3, -0.25) is 13.8 Å². The van der Waals surface area contributed by atoms with Gasteiger partial charge in [0.05, 0.1) is 5.69 Å². The van der Waals surface area contributed by atoms with Crippen LogP contribution in [0.3, 0.4) is 0 Å². The number of carbonyl (C=O) groups excluding carboxylic acids is 1. The molecule has 142 valence electrons. The third-order valence-electron chi connectivity index (χ3n) is 4.49. The molecule has 0 spiro atoms. The summed E-state index contributed by atoms with van der Waals surface area (Å²) in [6.07, 6.45) is 7.45. The zero-order valence-electron chi connectivity index (χ0n) is 15.4. The zero-order valence-corrected chi connectivity index (χ0v) is 16.2. The average molecular weight is 401 g/mol. The molecular weight excluding hydrogens is 386 g/mol. The zero-order chi connectivity index (χ0) is 19.8. The molecule has 0 unspecified atom stereocenters. The number of imidazole rings is 2. The van der Waals surface area contributed by atoms with Gasteiger partial charge in [0.15, 0.2) is 16.5 Å². The topological polar surface area (TPSA) is 90.0 Å². The number of aromatic nitrogens is 6. The Bertz CT molecular complexity index is 1270. The van der Waals surface area contributed by atoms with Gasteiger partial charge in [0, 0.05) is 41.4 Å². The highest BCUT2D eigenvalue weighted by Crippen LogP contribution is 2.23. The Kier molecular flexibility index (Phi) is 4.14. The van der Waals surface area contributed by atoms with Crippen LogP contribution in [0.15, 0.2) is 66.6 Å². The summed E-state index contributed by atoms with van der Waals surface area (Å²) >= 11 is 1.59. The predicted molar refractivity (Wildman–Crippen MR) is 110 cm³/mol. The van der Waals surface area contributed by atoms with Crippen molar-refractivity contribution in [2.75, 3.05) is 5.32 Å². The van der Waals surface area contributed by atoms with Gasteiger partial charge in [-0.2, -0.15) is 0 Å². The number of benzene rings is 1. The molecule has 5 aromatic rings. The third-order valence-corrected chi connectivity index (χ3v) is 5.26. The minimum absolute atomic E-state index is 0.241. The van der Waals surface area contributed by atoms with E-state index in [0.717, 1.165) is 22.0 Å². The maximum atomic E-state index is 12.5. The van der Waals surface area contributed by atoms with E-state index in [9.17, 15) is 4.79 Å². The van der Waals surface area contributed by atoms with Crippen LogP contribution in [0.2, 0.25) is 0 Å². The molecule has 1 amide bonds. The van der Waals surface area contributed by atoms with E-state index in [4.69, 9.17) is 0 Å². The van der Waals surface area contributed by atoms with Crippen molar-refractivity contribution in [2.24, 2.45) is 0 Å². The third kappa shape index (κ3) is 3.27. The van der Waals surface area contributed by atoms with Crippen LogP contribution in [0.4, 0.5) is 5.69 Å². The molecule has 0 saturated heterocycles. The van der Waals surface area contributed by atoms with Crippen LogP contribution < -0.4 is 5.32 Å². The standard InChI is InChI=1S/C20H15N7OS/c1-13-21-8-9-27(13)18-7-6-16(24-25-18)19(28)22-15-4-2-14(3-5-15)17-12-26-10-11-29-20(26)23-17/h2-12H,1H3,(H,22,28). The molecule has 0 radical (unpaired) electrons. The first-order valence-corrected chi connectivity index (χ1v) is 9.73. The lowest BCUT2D eigenvalue weighted by atomic mass is 10.1. The van der Waals surface area contributed by atoms with Gasteiger partial charge in [0.1, 0.15) is 5.82 Å². The van der Waals surface area contributed by atoms with E-state index in [1.807, 2.05) is 53.4 Å². The second-order valence-electron chi connectivity index (χ2n) is 6.37. The van der Waals surface area contributed by atoms with E-state index in [1.165, 1.54) is 0 Å². The molecule has 0 bridgehead atoms. The van der Waals surface area contributed by atoms with Crippen molar-refractivity contribution in [1.82, 2.24) is 29.1 Å². The monoisotopic (exact) mass is 401 g/mol. The number of anilines is 1. The highest BCUT2D eigenvalue weighted by atomic mass is 32.1. The fourth-order valence-corrected chi connectivity index (χ4v) is 3.68. The summed E-state index contributed by atoms with van der Waals surface area (Å²) in [5, 5.41) is 13.0. The highest BCUT2D eigenvalue weighted by Gasteiger charge is 2.11. The summed E-state index contributed by atoms with van der Waals surface area (Å²) in [7, 11) is 0. The number of nitrogens with one attached hydrogen (secondary N) is 1. The van der Waals surface area contributed by atoms with Crippen molar-refractivity contribution in [2.45, 2.75) is 6.92 Å². The number of hydrogen-bond donors (Lipinski definition) is 1. The van der Waals surface area contributed by atoms with Crippen LogP contribution >= 0.6 is 11.3 Å². The smallest absolute Gasteiger partial charge is 0.276 e. The summed E-state index contributed by atoms with van der Waals surface area (Å²) < 4.78 is 3.79. The number of rotatable bonds is 4. The van der Waals surface area contributed by atoms with Crippen LogP contribution in [0.1, 0.15) is 16.3 Å². The molecular formula is C20H15N7OS. The van der Waals surface area contributed by atoms with Crippen LogP contribution in [0.5, 0.6) is 0 Å². The number of amides is 1. The second kappa shape index (κ2) is 6.95. The Morgan fingerprint density at radius 3 is 2.62 bits per heavy atom. The van der Waals surface area contributed by atoms with Crippen molar-refractivity contribution in [3.8, 4) is 17.1 Å². The quantitative estimate of drug-likeness (QED) is 0.497. The Hall–Kier alpha value is -3.85. The minimum atomic E-state index is -0.318. The molecule has 29 heavy (non-hydrogen) atoms. The van der Waals surface area contributed by atoms with Crippen molar-refractivity contribution >= 4 is 27.9 Å². The van der Waals surface area contributed by atoms with Crippen LogP contribution in [0, 0.1) is 6.92 Å². The Morgan fingerprint density at radius 2 is 1.93 bits per heavy atom. The Balaban J connectivity index is 1.30. The first-order chi connectivity index (χ1) is 14.2. The SMILES string of the molecule is Cc1nccn1-c1ccc(C(=O)Nc2ccc(-c3cn4ccsc4n3)cc2)nn1. The number of thiazole rings is 1. The molecule has 4 heterocycles. The molecule has 0 saturated carbocycles. The van der Waals surface area contributed by atoms with E-state index < -0.39 is 0 Å². The molecule has 4 aromatic heterocycles. The van der Waals surface area contributed by atoms with E-state index in [0.29, 0.717) is 11.5 Å². The Morgan fingerprint density at radius 1 is 1.07 bits per heavy atom. The molecule has 0 atom stereocenters. The molecule has 5 rings (SSSR count). The lowest BCUT2D eigenvalue weighted by molar-refractivity contribution is 0.102. The summed E-state index contributed by atoms with van der Waals surface area (Å²) in [6.45, 7) is 1.87. The summed E-state index contributed by atoms with van der Waals surface area (Å²) in [5.41, 5.74) is 2.80. The molecule has 8 nitrogen and oxygen atoms in total. The number of aryl methyl sites for hydroxylation is 1. The maximum absolute atomic E-state index is 12.5. The van der Waals surface area contributed by atoms with Crippen molar-refractivity contribution in [3.05, 3.63) is 78.1 Å². The summed E-state index contributed by atoms with van der Waals surface area (Å²) in [4.78, 5) is 22.2. The van der Waals surface area contributed by atoms with Gasteiger partial charge < -0.3 is 5.32 Å². The molecule has 0 fully saturated rings. The van der Waals surface area contributed by atoms with Crippen molar-refractivity contribution in [3.63, 3.8) is 0 Å². The lowest BCUT2D eigenvalue weighted by Gasteiger charge is -2.06. The van der Waals surface area contributed by atoms with Gasteiger partial charge in [-0.15, -0.1) is 21.5 Å². The van der Waals surface area contributed by atoms with Gasteiger partial charge in [-0.25, -0.2) is 9.97 Å². The summed E-state index contributed by atoms with van der Waals surface area (Å²) in [6, 6.07) is 10.9. The molecule has 1 aromatic carbocycles. The number of fused-ring (bicyclic) bond motifs is 1. The molecule has 0 aliphatic heterocycles. The second-order valence-corrected chi connectivity index (χ2v) is 7.24. The van der Waals surface area contributed by atoms with Gasteiger partial charge >= 0.3 is 0 Å². The van der Waals surface area contributed by atoms with Crippen LogP contribution in [0.25, 0.3) is 22.0 Å². The van der Waals surface area contributed by atoms with E-state index in [2.05, 4.69) is 25.5 Å². The molecule has 0 aliphatic carbocycles. The van der Waals surface area contributed by atoms with E-state index >= 15 is 0 Å². The number of nitrogens with zero attached hydrogens (tertiary/aromatic N) is 6. The molecule has 9 heteroatoms. The number of hydrogen-bond acceptors (Lipinski definition) is 6. The van der Waals surface area contributed by atoms with Crippen molar-refractivity contribution < 1.29 is 4.79 Å². The van der Waals surface area contributed by atoms with Gasteiger partial charge in [0.2, 0.25) is 0 Å². The largest absolute Gasteiger partial charge is 0.321 e. The van der Waals surface area contributed by atoms with Gasteiger partial charge in [-0.1, -0.05) is 12.1 Å². The average Bonchev–Trinajstić information content (AvgIpc) is 3.45. The fraction of sp³-hybridized carbons (Fsp3) is 0.0500. The fourth-order valence-electron chi connectivity index (χ4n) is 2.98. The van der Waals surface area contributed by atoms with Crippen LogP contribution in [-0.2, 0) is 0 Å². The number of carbonyl (C=O) groups is 1. The summed E-state index contributed by atoms with van der Waals surface area (Å²) in [5.74, 6) is 1.09. The minimum Gasteiger partial charge on any atom is -0.321 e. The van der Waals surface area contributed by atoms with Crippen LogP contribution in [-0.4, -0.2) is 35.0 Å². The van der Waals surface area contributed by atoms with Crippen molar-refractivity contribution in [1.29, 1.82) is 0 Å². The Labute approximate surface area is 169 Å². The highest BCUT2D eigenvalue weighted by molar-refractivity contribution is 7.15.